The molecule has 2 fully saturated rings. The van der Waals surface area contributed by atoms with Gasteiger partial charge < -0.3 is 14.5 Å². The number of rotatable bonds is 3. The van der Waals surface area contributed by atoms with E-state index in [2.05, 4.69) is 0 Å². The molecule has 0 N–H and O–H groups in total. The van der Waals surface area contributed by atoms with E-state index in [0.29, 0.717) is 29.7 Å². The van der Waals surface area contributed by atoms with E-state index >= 15 is 0 Å². The fraction of sp³-hybridized carbons (Fsp3) is 0.438. The molecule has 25 heavy (non-hydrogen) atoms. The summed E-state index contributed by atoms with van der Waals surface area (Å²) in [6, 6.07) is 4.74. The van der Waals surface area contributed by atoms with Gasteiger partial charge in [-0.1, -0.05) is 29.3 Å². The van der Waals surface area contributed by atoms with Crippen molar-refractivity contribution < 1.29 is 19.1 Å². The fourth-order valence-corrected chi connectivity index (χ4v) is 3.16. The Morgan fingerprint density at radius 3 is 2.68 bits per heavy atom. The molecule has 2 saturated heterocycles. The van der Waals surface area contributed by atoms with E-state index in [-0.39, 0.29) is 31.0 Å². The van der Waals surface area contributed by atoms with E-state index in [1.54, 1.807) is 23.1 Å². The lowest BCUT2D eigenvalue weighted by Gasteiger charge is -2.34. The first-order valence-electron chi connectivity index (χ1n) is 7.76. The molecule has 1 aromatic rings. The van der Waals surface area contributed by atoms with Crippen LogP contribution >= 0.6 is 23.2 Å². The molecule has 2 heterocycles. The van der Waals surface area contributed by atoms with Crippen LogP contribution in [-0.2, 0) is 14.3 Å². The summed E-state index contributed by atoms with van der Waals surface area (Å²) in [6.45, 7) is 0.835. The van der Waals surface area contributed by atoms with Crippen LogP contribution in [0.2, 0.25) is 10.0 Å². The number of carbonyl (C=O) groups excluding carboxylic acids is 3. The maximum absolute atomic E-state index is 12.5. The quantitative estimate of drug-likeness (QED) is 0.743. The van der Waals surface area contributed by atoms with E-state index in [0.717, 1.165) is 10.5 Å². The molecule has 1 aromatic carbocycles. The zero-order valence-corrected chi connectivity index (χ0v) is 15.1. The summed E-state index contributed by atoms with van der Waals surface area (Å²) in [4.78, 5) is 40.1. The summed E-state index contributed by atoms with van der Waals surface area (Å²) >= 11 is 12.0. The molecule has 2 aliphatic rings. The first kappa shape index (κ1) is 18.0. The number of hydrogen-bond donors (Lipinski definition) is 0. The number of amides is 4. The Morgan fingerprint density at radius 1 is 1.28 bits per heavy atom. The van der Waals surface area contributed by atoms with Crippen molar-refractivity contribution in [2.24, 2.45) is 0 Å². The minimum atomic E-state index is -0.451. The number of imide groups is 1. The lowest BCUT2D eigenvalue weighted by atomic mass is 10.1. The van der Waals surface area contributed by atoms with Crippen molar-refractivity contribution in [2.45, 2.75) is 6.10 Å². The number of carbonyl (C=O) groups is 3. The molecule has 4 amide bonds. The van der Waals surface area contributed by atoms with Crippen molar-refractivity contribution >= 4 is 41.0 Å². The highest BCUT2D eigenvalue weighted by molar-refractivity contribution is 6.42. The van der Waals surface area contributed by atoms with Gasteiger partial charge in [-0.25, -0.2) is 4.79 Å². The standard InChI is InChI=1S/C16H17Cl2N3O4/c1-19-8-15(23)21(16(19)24)9-14(22)20-4-5-25-13(7-20)10-2-3-11(17)12(18)6-10/h2-3,6,13H,4-5,7-9H2,1H3/t13-/m1/s1. The summed E-state index contributed by atoms with van der Waals surface area (Å²) in [7, 11) is 1.53. The molecule has 0 bridgehead atoms. The molecule has 2 aliphatic heterocycles. The van der Waals surface area contributed by atoms with Gasteiger partial charge in [0.1, 0.15) is 19.2 Å². The number of halogens is 2. The first-order valence-corrected chi connectivity index (χ1v) is 8.52. The molecule has 0 aromatic heterocycles. The fourth-order valence-electron chi connectivity index (χ4n) is 2.85. The molecule has 3 rings (SSSR count). The van der Waals surface area contributed by atoms with Crippen LogP contribution in [0.1, 0.15) is 11.7 Å². The van der Waals surface area contributed by atoms with Gasteiger partial charge in [-0.15, -0.1) is 0 Å². The van der Waals surface area contributed by atoms with E-state index in [1.807, 2.05) is 0 Å². The molecule has 134 valence electrons. The largest absolute Gasteiger partial charge is 0.370 e. The Hall–Kier alpha value is -1.83. The second-order valence-corrected chi connectivity index (χ2v) is 6.81. The number of hydrogen-bond acceptors (Lipinski definition) is 4. The van der Waals surface area contributed by atoms with Crippen LogP contribution in [0, 0.1) is 0 Å². The highest BCUT2D eigenvalue weighted by atomic mass is 35.5. The Kier molecular flexibility index (Phi) is 5.17. The van der Waals surface area contributed by atoms with Gasteiger partial charge in [0, 0.05) is 13.6 Å². The van der Waals surface area contributed by atoms with Crippen LogP contribution in [0.4, 0.5) is 4.79 Å². The van der Waals surface area contributed by atoms with Crippen molar-refractivity contribution in [3.05, 3.63) is 33.8 Å². The highest BCUT2D eigenvalue weighted by Crippen LogP contribution is 2.29. The van der Waals surface area contributed by atoms with Gasteiger partial charge in [-0.2, -0.15) is 0 Å². The van der Waals surface area contributed by atoms with Crippen LogP contribution in [0.3, 0.4) is 0 Å². The van der Waals surface area contributed by atoms with Crippen molar-refractivity contribution in [2.75, 3.05) is 39.8 Å². The highest BCUT2D eigenvalue weighted by Gasteiger charge is 2.36. The third-order valence-corrected chi connectivity index (χ3v) is 5.00. The SMILES string of the molecule is CN1CC(=O)N(CC(=O)N2CCO[C@@H](c3ccc(Cl)c(Cl)c3)C2)C1=O. The minimum Gasteiger partial charge on any atom is -0.370 e. The Morgan fingerprint density at radius 2 is 2.04 bits per heavy atom. The zero-order chi connectivity index (χ0) is 18.1. The molecular weight excluding hydrogens is 369 g/mol. The summed E-state index contributed by atoms with van der Waals surface area (Å²) in [6.07, 6.45) is -0.333. The summed E-state index contributed by atoms with van der Waals surface area (Å²) in [5.74, 6) is -0.652. The van der Waals surface area contributed by atoms with E-state index in [9.17, 15) is 14.4 Å². The maximum Gasteiger partial charge on any atom is 0.327 e. The lowest BCUT2D eigenvalue weighted by Crippen LogP contribution is -2.48. The predicted octanol–water partition coefficient (Wildman–Crippen LogP) is 1.79. The Bertz CT molecular complexity index is 727. The monoisotopic (exact) mass is 385 g/mol. The Labute approximate surface area is 155 Å². The van der Waals surface area contributed by atoms with Gasteiger partial charge in [0.2, 0.25) is 5.91 Å². The molecule has 0 saturated carbocycles. The summed E-state index contributed by atoms with van der Waals surface area (Å²) < 4.78 is 5.72. The second kappa shape index (κ2) is 7.19. The van der Waals surface area contributed by atoms with Crippen LogP contribution in [0.15, 0.2) is 18.2 Å². The van der Waals surface area contributed by atoms with Gasteiger partial charge in [-0.05, 0) is 17.7 Å². The smallest absolute Gasteiger partial charge is 0.327 e. The summed E-state index contributed by atoms with van der Waals surface area (Å²) in [5, 5.41) is 0.867. The molecule has 0 spiro atoms. The normalized spacial score (nSPS) is 21.2. The zero-order valence-electron chi connectivity index (χ0n) is 13.6. The molecular formula is C16H17Cl2N3O4. The van der Waals surface area contributed by atoms with Crippen LogP contribution in [0.5, 0.6) is 0 Å². The number of urea groups is 1. The Balaban J connectivity index is 1.66. The van der Waals surface area contributed by atoms with Crippen LogP contribution in [-0.4, -0.2) is 72.4 Å². The number of likely N-dealkylation sites (N-methyl/N-ethyl adjacent to an activating group) is 1. The molecule has 0 aliphatic carbocycles. The average Bonchev–Trinajstić information content (AvgIpc) is 2.83. The van der Waals surface area contributed by atoms with E-state index in [4.69, 9.17) is 27.9 Å². The number of benzene rings is 1. The third-order valence-electron chi connectivity index (χ3n) is 4.26. The maximum atomic E-state index is 12.5. The number of morpholine rings is 1. The van der Waals surface area contributed by atoms with Crippen molar-refractivity contribution in [1.82, 2.24) is 14.7 Å². The van der Waals surface area contributed by atoms with Crippen molar-refractivity contribution in [1.29, 1.82) is 0 Å². The van der Waals surface area contributed by atoms with Gasteiger partial charge in [0.25, 0.3) is 5.91 Å². The van der Waals surface area contributed by atoms with E-state index < -0.39 is 6.03 Å². The molecule has 0 unspecified atom stereocenters. The molecule has 7 nitrogen and oxygen atoms in total. The first-order chi connectivity index (χ1) is 11.9. The second-order valence-electron chi connectivity index (χ2n) is 5.99. The van der Waals surface area contributed by atoms with Gasteiger partial charge in [-0.3, -0.25) is 14.5 Å². The van der Waals surface area contributed by atoms with Crippen LogP contribution in [0.25, 0.3) is 0 Å². The van der Waals surface area contributed by atoms with Crippen molar-refractivity contribution in [3.8, 4) is 0 Å². The predicted molar refractivity (Wildman–Crippen MR) is 91.5 cm³/mol. The number of nitrogens with zero attached hydrogens (tertiary/aromatic N) is 3. The molecule has 9 heteroatoms. The lowest BCUT2D eigenvalue weighted by molar-refractivity contribution is -0.142. The average molecular weight is 386 g/mol. The van der Waals surface area contributed by atoms with Gasteiger partial charge in [0.05, 0.1) is 23.2 Å². The summed E-state index contributed by atoms with van der Waals surface area (Å²) in [5.41, 5.74) is 0.819. The third kappa shape index (κ3) is 3.73. The van der Waals surface area contributed by atoms with Gasteiger partial charge >= 0.3 is 6.03 Å². The minimum absolute atomic E-state index is 0.00111. The number of ether oxygens (including phenoxy) is 1. The topological polar surface area (TPSA) is 70.2 Å². The van der Waals surface area contributed by atoms with Crippen LogP contribution < -0.4 is 0 Å². The van der Waals surface area contributed by atoms with E-state index in [1.165, 1.54) is 11.9 Å². The molecule has 1 atom stereocenters. The molecule has 0 radical (unpaired) electrons. The van der Waals surface area contributed by atoms with Crippen molar-refractivity contribution in [3.63, 3.8) is 0 Å². The van der Waals surface area contributed by atoms with Gasteiger partial charge in [0.15, 0.2) is 0 Å².